The van der Waals surface area contributed by atoms with Gasteiger partial charge in [0.2, 0.25) is 0 Å². The van der Waals surface area contributed by atoms with Crippen LogP contribution in [0.1, 0.15) is 11.1 Å². The Morgan fingerprint density at radius 1 is 1.05 bits per heavy atom. The number of nitrogens with zero attached hydrogens (tertiary/aromatic N) is 2. The molecule has 0 aliphatic carbocycles. The zero-order valence-electron chi connectivity index (χ0n) is 11.4. The number of para-hydroxylation sites is 1. The van der Waals surface area contributed by atoms with Gasteiger partial charge >= 0.3 is 0 Å². The molecule has 0 saturated carbocycles. The van der Waals surface area contributed by atoms with Crippen LogP contribution in [-0.4, -0.2) is 12.0 Å². The minimum atomic E-state index is 0.573. The SMILES string of the molecule is CN(Cc1ccccc1CN)c1nc2ccccc2s1. The first-order valence-electron chi connectivity index (χ1n) is 6.61. The topological polar surface area (TPSA) is 42.1 Å². The van der Waals surface area contributed by atoms with Crippen LogP contribution < -0.4 is 10.6 Å². The van der Waals surface area contributed by atoms with E-state index in [2.05, 4.69) is 47.3 Å². The van der Waals surface area contributed by atoms with E-state index in [4.69, 9.17) is 5.73 Å². The third-order valence-electron chi connectivity index (χ3n) is 3.35. The summed E-state index contributed by atoms with van der Waals surface area (Å²) in [5, 5.41) is 1.04. The number of anilines is 1. The van der Waals surface area contributed by atoms with E-state index in [1.807, 2.05) is 18.2 Å². The van der Waals surface area contributed by atoms with Gasteiger partial charge in [-0.25, -0.2) is 4.98 Å². The summed E-state index contributed by atoms with van der Waals surface area (Å²) in [7, 11) is 2.07. The average molecular weight is 283 g/mol. The van der Waals surface area contributed by atoms with Crippen LogP contribution in [0.15, 0.2) is 48.5 Å². The van der Waals surface area contributed by atoms with Gasteiger partial charge in [-0.2, -0.15) is 0 Å². The van der Waals surface area contributed by atoms with Crippen LogP contribution in [0.2, 0.25) is 0 Å². The van der Waals surface area contributed by atoms with E-state index >= 15 is 0 Å². The Balaban J connectivity index is 1.87. The van der Waals surface area contributed by atoms with Crippen molar-refractivity contribution in [1.82, 2.24) is 4.98 Å². The highest BCUT2D eigenvalue weighted by atomic mass is 32.1. The summed E-state index contributed by atoms with van der Waals surface area (Å²) in [4.78, 5) is 6.86. The summed E-state index contributed by atoms with van der Waals surface area (Å²) in [6, 6.07) is 16.5. The second kappa shape index (κ2) is 5.61. The van der Waals surface area contributed by atoms with Crippen molar-refractivity contribution >= 4 is 26.7 Å². The molecule has 3 rings (SSSR count). The minimum Gasteiger partial charge on any atom is -0.347 e. The number of benzene rings is 2. The molecule has 0 radical (unpaired) electrons. The van der Waals surface area contributed by atoms with Gasteiger partial charge in [-0.05, 0) is 23.3 Å². The van der Waals surface area contributed by atoms with Crippen molar-refractivity contribution in [2.24, 2.45) is 5.73 Å². The summed E-state index contributed by atoms with van der Waals surface area (Å²) >= 11 is 1.72. The van der Waals surface area contributed by atoms with Gasteiger partial charge in [-0.1, -0.05) is 47.7 Å². The highest BCUT2D eigenvalue weighted by Crippen LogP contribution is 2.28. The van der Waals surface area contributed by atoms with E-state index in [-0.39, 0.29) is 0 Å². The molecule has 0 aliphatic heterocycles. The van der Waals surface area contributed by atoms with Crippen LogP contribution in [0.5, 0.6) is 0 Å². The molecule has 102 valence electrons. The van der Waals surface area contributed by atoms with Gasteiger partial charge in [0.1, 0.15) is 0 Å². The Morgan fingerprint density at radius 2 is 1.75 bits per heavy atom. The molecule has 20 heavy (non-hydrogen) atoms. The lowest BCUT2D eigenvalue weighted by Crippen LogP contribution is -2.17. The summed E-state index contributed by atoms with van der Waals surface area (Å²) in [5.74, 6) is 0. The van der Waals surface area contributed by atoms with Crippen molar-refractivity contribution in [2.45, 2.75) is 13.1 Å². The summed E-state index contributed by atoms with van der Waals surface area (Å²) in [6.45, 7) is 1.40. The van der Waals surface area contributed by atoms with Crippen LogP contribution >= 0.6 is 11.3 Å². The molecule has 3 nitrogen and oxygen atoms in total. The smallest absolute Gasteiger partial charge is 0.186 e. The van der Waals surface area contributed by atoms with Gasteiger partial charge in [0, 0.05) is 20.1 Å². The molecule has 0 aliphatic rings. The van der Waals surface area contributed by atoms with Gasteiger partial charge in [-0.15, -0.1) is 0 Å². The van der Waals surface area contributed by atoms with Gasteiger partial charge < -0.3 is 10.6 Å². The molecule has 2 aromatic carbocycles. The van der Waals surface area contributed by atoms with Gasteiger partial charge in [0.15, 0.2) is 5.13 Å². The standard InChI is InChI=1S/C16H17N3S/c1-19(11-13-7-3-2-6-12(13)10-17)16-18-14-8-4-5-9-15(14)20-16/h2-9H,10-11,17H2,1H3. The Bertz CT molecular complexity index is 687. The number of nitrogens with two attached hydrogens (primary N) is 1. The first-order chi connectivity index (χ1) is 9.78. The van der Waals surface area contributed by atoms with Gasteiger partial charge in [0.25, 0.3) is 0 Å². The molecule has 0 atom stereocenters. The third kappa shape index (κ3) is 2.53. The first-order valence-corrected chi connectivity index (χ1v) is 7.43. The second-order valence-electron chi connectivity index (χ2n) is 4.79. The lowest BCUT2D eigenvalue weighted by molar-refractivity contribution is 0.891. The lowest BCUT2D eigenvalue weighted by Gasteiger charge is -2.17. The summed E-state index contributed by atoms with van der Waals surface area (Å²) in [5.41, 5.74) is 9.31. The Morgan fingerprint density at radius 3 is 2.50 bits per heavy atom. The quantitative estimate of drug-likeness (QED) is 0.798. The predicted octanol–water partition coefficient (Wildman–Crippen LogP) is 3.39. The lowest BCUT2D eigenvalue weighted by atomic mass is 10.1. The van der Waals surface area contributed by atoms with Crippen molar-refractivity contribution in [3.05, 3.63) is 59.7 Å². The molecule has 0 unspecified atom stereocenters. The van der Waals surface area contributed by atoms with E-state index in [1.54, 1.807) is 11.3 Å². The van der Waals surface area contributed by atoms with Gasteiger partial charge in [-0.3, -0.25) is 0 Å². The van der Waals surface area contributed by atoms with E-state index in [0.29, 0.717) is 6.54 Å². The molecule has 0 amide bonds. The molecule has 0 saturated heterocycles. The fourth-order valence-electron chi connectivity index (χ4n) is 2.26. The van der Waals surface area contributed by atoms with Crippen molar-refractivity contribution in [3.8, 4) is 0 Å². The van der Waals surface area contributed by atoms with E-state index < -0.39 is 0 Å². The monoisotopic (exact) mass is 283 g/mol. The molecule has 0 spiro atoms. The number of aromatic nitrogens is 1. The average Bonchev–Trinajstić information content (AvgIpc) is 2.92. The van der Waals surface area contributed by atoms with Crippen LogP contribution in [0.3, 0.4) is 0 Å². The maximum Gasteiger partial charge on any atom is 0.186 e. The molecular weight excluding hydrogens is 266 g/mol. The first kappa shape index (κ1) is 13.1. The van der Waals surface area contributed by atoms with Crippen molar-refractivity contribution < 1.29 is 0 Å². The van der Waals surface area contributed by atoms with Crippen LogP contribution in [-0.2, 0) is 13.1 Å². The zero-order valence-corrected chi connectivity index (χ0v) is 12.2. The molecule has 3 aromatic rings. The summed E-state index contributed by atoms with van der Waals surface area (Å²) < 4.78 is 1.22. The van der Waals surface area contributed by atoms with E-state index in [9.17, 15) is 0 Å². The largest absolute Gasteiger partial charge is 0.347 e. The molecular formula is C16H17N3S. The van der Waals surface area contributed by atoms with Gasteiger partial charge in [0.05, 0.1) is 10.2 Å². The van der Waals surface area contributed by atoms with Crippen LogP contribution in [0.4, 0.5) is 5.13 Å². The fourth-order valence-corrected chi connectivity index (χ4v) is 3.18. The van der Waals surface area contributed by atoms with Crippen molar-refractivity contribution in [2.75, 3.05) is 11.9 Å². The number of hydrogen-bond donors (Lipinski definition) is 1. The Labute approximate surface area is 122 Å². The maximum atomic E-state index is 5.79. The minimum absolute atomic E-state index is 0.573. The highest BCUT2D eigenvalue weighted by Gasteiger charge is 2.10. The van der Waals surface area contributed by atoms with Crippen molar-refractivity contribution in [3.63, 3.8) is 0 Å². The number of thiazole rings is 1. The fraction of sp³-hybridized carbons (Fsp3) is 0.188. The van der Waals surface area contributed by atoms with Crippen LogP contribution in [0.25, 0.3) is 10.2 Å². The number of fused-ring (bicyclic) bond motifs is 1. The Hall–Kier alpha value is -1.91. The van der Waals surface area contributed by atoms with Crippen molar-refractivity contribution in [1.29, 1.82) is 0 Å². The third-order valence-corrected chi connectivity index (χ3v) is 4.51. The molecule has 0 fully saturated rings. The summed E-state index contributed by atoms with van der Waals surface area (Å²) in [6.07, 6.45) is 0. The molecule has 1 heterocycles. The second-order valence-corrected chi connectivity index (χ2v) is 5.80. The zero-order chi connectivity index (χ0) is 13.9. The molecule has 1 aromatic heterocycles. The number of hydrogen-bond acceptors (Lipinski definition) is 4. The van der Waals surface area contributed by atoms with Crippen LogP contribution in [0, 0.1) is 0 Å². The number of rotatable bonds is 4. The van der Waals surface area contributed by atoms with E-state index in [0.717, 1.165) is 17.2 Å². The normalized spacial score (nSPS) is 10.9. The molecule has 4 heteroatoms. The Kier molecular flexibility index (Phi) is 3.67. The van der Waals surface area contributed by atoms with E-state index in [1.165, 1.54) is 15.8 Å². The predicted molar refractivity (Wildman–Crippen MR) is 86.1 cm³/mol. The highest BCUT2D eigenvalue weighted by molar-refractivity contribution is 7.22. The molecule has 0 bridgehead atoms. The maximum absolute atomic E-state index is 5.79. The molecule has 2 N–H and O–H groups in total.